The van der Waals surface area contributed by atoms with E-state index in [9.17, 15) is 14.7 Å². The van der Waals surface area contributed by atoms with E-state index in [1.165, 1.54) is 0 Å². The van der Waals surface area contributed by atoms with E-state index >= 15 is 0 Å². The molecule has 2 heterocycles. The molecule has 2 amide bonds. The zero-order chi connectivity index (χ0) is 21.8. The summed E-state index contributed by atoms with van der Waals surface area (Å²) in [6.07, 6.45) is 3.06. The van der Waals surface area contributed by atoms with Gasteiger partial charge in [-0.25, -0.2) is 0 Å². The van der Waals surface area contributed by atoms with E-state index in [-0.39, 0.29) is 17.1 Å². The van der Waals surface area contributed by atoms with Gasteiger partial charge in [-0.2, -0.15) is 0 Å². The van der Waals surface area contributed by atoms with Crippen LogP contribution in [0.2, 0.25) is 5.02 Å². The van der Waals surface area contributed by atoms with Crippen molar-refractivity contribution in [1.29, 1.82) is 0 Å². The number of nitrogens with one attached hydrogen (secondary N) is 1. The molecule has 2 aromatic carbocycles. The number of carbonyl (C=O) groups is 2. The van der Waals surface area contributed by atoms with E-state index in [1.54, 1.807) is 23.9 Å². The minimum atomic E-state index is -0.913. The maximum atomic E-state index is 12.7. The number of aryl methyl sites for hydroxylation is 1. The molecule has 2 N–H and O–H groups in total. The summed E-state index contributed by atoms with van der Waals surface area (Å²) >= 11 is 7.50. The number of para-hydroxylation sites is 1. The second-order valence-corrected chi connectivity index (χ2v) is 9.96. The Morgan fingerprint density at radius 2 is 1.87 bits per heavy atom. The van der Waals surface area contributed by atoms with Crippen molar-refractivity contribution in [1.82, 2.24) is 4.90 Å². The first kappa shape index (κ1) is 22.2. The quantitative estimate of drug-likeness (QED) is 0.703. The lowest BCUT2D eigenvalue weighted by Gasteiger charge is -2.38. The summed E-state index contributed by atoms with van der Waals surface area (Å²) in [4.78, 5) is 27.0. The number of nitrogens with zero attached hydrogens (tertiary/aromatic N) is 1. The van der Waals surface area contributed by atoms with Gasteiger partial charge in [0, 0.05) is 36.0 Å². The predicted octanol–water partition coefficient (Wildman–Crippen LogP) is 4.23. The number of amides is 2. The van der Waals surface area contributed by atoms with Crippen molar-refractivity contribution < 1.29 is 14.7 Å². The Hall–Kier alpha value is -2.02. The summed E-state index contributed by atoms with van der Waals surface area (Å²) in [5.74, 6) is 0.724. The van der Waals surface area contributed by atoms with Crippen molar-refractivity contribution >= 4 is 40.9 Å². The Kier molecular flexibility index (Phi) is 6.89. The molecule has 0 bridgehead atoms. The van der Waals surface area contributed by atoms with Crippen LogP contribution in [0, 0.1) is 0 Å². The lowest BCUT2D eigenvalue weighted by molar-refractivity contribution is -0.135. The molecule has 7 heteroatoms. The second kappa shape index (κ2) is 9.63. The average molecular weight is 459 g/mol. The number of thioether (sulfide) groups is 1. The summed E-state index contributed by atoms with van der Waals surface area (Å²) in [6, 6.07) is 15.2. The summed E-state index contributed by atoms with van der Waals surface area (Å²) < 4.78 is 0. The topological polar surface area (TPSA) is 69.6 Å². The number of benzene rings is 2. The lowest BCUT2D eigenvalue weighted by atomic mass is 9.84. The third-order valence-corrected chi connectivity index (χ3v) is 7.75. The molecule has 2 aromatic rings. The van der Waals surface area contributed by atoms with Gasteiger partial charge in [-0.3, -0.25) is 9.59 Å². The van der Waals surface area contributed by atoms with Gasteiger partial charge < -0.3 is 15.3 Å². The largest absolute Gasteiger partial charge is 0.385 e. The normalized spacial score (nSPS) is 20.5. The molecule has 1 atom stereocenters. The number of carbonyl (C=O) groups excluding carboxylic acids is 2. The Bertz CT molecular complexity index is 942. The molecule has 1 saturated heterocycles. The molecular weight excluding hydrogens is 432 g/mol. The fraction of sp³-hybridized carbons (Fsp3) is 0.417. The number of hydrogen-bond acceptors (Lipinski definition) is 4. The molecule has 0 aliphatic carbocycles. The van der Waals surface area contributed by atoms with Crippen molar-refractivity contribution in [3.63, 3.8) is 0 Å². The van der Waals surface area contributed by atoms with Crippen molar-refractivity contribution in [2.24, 2.45) is 0 Å². The third kappa shape index (κ3) is 5.25. The van der Waals surface area contributed by atoms with E-state index in [4.69, 9.17) is 11.6 Å². The molecule has 5 nitrogen and oxygen atoms in total. The number of piperidine rings is 1. The standard InChI is InChI=1S/C24H27ClN2O3S/c25-19-8-6-18(7-9-19)24(30)12-14-27(15-13-24)22(28)11-16-31-21-10-5-17-3-1-2-4-20(17)26-23(21)29/h1-4,6-9,21,30H,5,10-16H2,(H,26,29). The minimum Gasteiger partial charge on any atom is -0.385 e. The molecular formula is C24H27ClN2O3S. The van der Waals surface area contributed by atoms with Crippen LogP contribution in [-0.2, 0) is 21.6 Å². The maximum absolute atomic E-state index is 12.7. The number of anilines is 1. The zero-order valence-electron chi connectivity index (χ0n) is 17.4. The van der Waals surface area contributed by atoms with Crippen LogP contribution in [0.3, 0.4) is 0 Å². The van der Waals surface area contributed by atoms with Gasteiger partial charge in [-0.05, 0) is 55.0 Å². The molecule has 0 spiro atoms. The lowest BCUT2D eigenvalue weighted by Crippen LogP contribution is -2.45. The highest BCUT2D eigenvalue weighted by Gasteiger charge is 2.35. The first-order chi connectivity index (χ1) is 14.9. The first-order valence-electron chi connectivity index (χ1n) is 10.7. The number of fused-ring (bicyclic) bond motifs is 1. The summed E-state index contributed by atoms with van der Waals surface area (Å²) in [7, 11) is 0. The van der Waals surface area contributed by atoms with E-state index in [0.717, 1.165) is 29.7 Å². The molecule has 4 rings (SSSR count). The molecule has 0 aromatic heterocycles. The fourth-order valence-electron chi connectivity index (χ4n) is 4.27. The third-order valence-electron chi connectivity index (χ3n) is 6.20. The smallest absolute Gasteiger partial charge is 0.237 e. The van der Waals surface area contributed by atoms with E-state index < -0.39 is 5.60 Å². The number of halogens is 1. The van der Waals surface area contributed by atoms with Crippen molar-refractivity contribution in [3.05, 3.63) is 64.7 Å². The molecule has 2 aliphatic rings. The van der Waals surface area contributed by atoms with Crippen LogP contribution in [0.25, 0.3) is 0 Å². The molecule has 2 aliphatic heterocycles. The van der Waals surface area contributed by atoms with Gasteiger partial charge in [-0.1, -0.05) is 41.9 Å². The van der Waals surface area contributed by atoms with Crippen molar-refractivity contribution in [2.75, 3.05) is 24.2 Å². The Morgan fingerprint density at radius 3 is 2.61 bits per heavy atom. The molecule has 164 valence electrons. The van der Waals surface area contributed by atoms with Crippen LogP contribution in [0.15, 0.2) is 48.5 Å². The highest BCUT2D eigenvalue weighted by molar-refractivity contribution is 8.00. The van der Waals surface area contributed by atoms with Crippen LogP contribution in [0.4, 0.5) is 5.69 Å². The number of hydrogen-bond donors (Lipinski definition) is 2. The van der Waals surface area contributed by atoms with Crippen molar-refractivity contribution in [2.45, 2.75) is 43.0 Å². The second-order valence-electron chi connectivity index (χ2n) is 8.21. The van der Waals surface area contributed by atoms with Gasteiger partial charge in [-0.15, -0.1) is 11.8 Å². The molecule has 0 saturated carbocycles. The van der Waals surface area contributed by atoms with Gasteiger partial charge in [0.15, 0.2) is 0 Å². The van der Waals surface area contributed by atoms with Gasteiger partial charge in [0.25, 0.3) is 0 Å². The summed E-state index contributed by atoms with van der Waals surface area (Å²) in [6.45, 7) is 1.06. The molecule has 1 unspecified atom stereocenters. The van der Waals surface area contributed by atoms with Gasteiger partial charge in [0.05, 0.1) is 10.9 Å². The van der Waals surface area contributed by atoms with E-state index in [1.807, 2.05) is 41.3 Å². The highest BCUT2D eigenvalue weighted by Crippen LogP contribution is 2.34. The van der Waals surface area contributed by atoms with Crippen LogP contribution < -0.4 is 5.32 Å². The van der Waals surface area contributed by atoms with Gasteiger partial charge in [0.1, 0.15) is 0 Å². The molecule has 31 heavy (non-hydrogen) atoms. The fourth-order valence-corrected chi connectivity index (χ4v) is 5.47. The summed E-state index contributed by atoms with van der Waals surface area (Å²) in [5.41, 5.74) is 1.99. The monoisotopic (exact) mass is 458 g/mol. The average Bonchev–Trinajstić information content (AvgIpc) is 2.93. The van der Waals surface area contributed by atoms with Crippen LogP contribution >= 0.6 is 23.4 Å². The first-order valence-corrected chi connectivity index (χ1v) is 12.1. The van der Waals surface area contributed by atoms with Crippen LogP contribution in [-0.4, -0.2) is 45.9 Å². The Morgan fingerprint density at radius 1 is 1.16 bits per heavy atom. The maximum Gasteiger partial charge on any atom is 0.237 e. The molecule has 0 radical (unpaired) electrons. The zero-order valence-corrected chi connectivity index (χ0v) is 18.9. The van der Waals surface area contributed by atoms with Crippen molar-refractivity contribution in [3.8, 4) is 0 Å². The minimum absolute atomic E-state index is 0.0217. The SMILES string of the molecule is O=C1Nc2ccccc2CCC1SCCC(=O)N1CCC(O)(c2ccc(Cl)cc2)CC1. The molecule has 1 fully saturated rings. The van der Waals surface area contributed by atoms with E-state index in [2.05, 4.69) is 5.32 Å². The van der Waals surface area contributed by atoms with Crippen LogP contribution in [0.1, 0.15) is 36.8 Å². The number of rotatable bonds is 5. The summed E-state index contributed by atoms with van der Waals surface area (Å²) in [5, 5.41) is 14.5. The number of likely N-dealkylation sites (tertiary alicyclic amines) is 1. The van der Waals surface area contributed by atoms with Crippen LogP contribution in [0.5, 0.6) is 0 Å². The predicted molar refractivity (Wildman–Crippen MR) is 125 cm³/mol. The van der Waals surface area contributed by atoms with Gasteiger partial charge >= 0.3 is 0 Å². The highest BCUT2D eigenvalue weighted by atomic mass is 35.5. The van der Waals surface area contributed by atoms with E-state index in [0.29, 0.717) is 43.1 Å². The number of aliphatic hydroxyl groups is 1. The Labute approximate surface area is 192 Å². The van der Waals surface area contributed by atoms with Gasteiger partial charge in [0.2, 0.25) is 11.8 Å². The Balaban J connectivity index is 1.24.